The molecular weight excluding hydrogens is 400 g/mol. The number of para-hydroxylation sites is 1. The van der Waals surface area contributed by atoms with Gasteiger partial charge in [-0.25, -0.2) is 9.78 Å². The lowest BCUT2D eigenvalue weighted by Crippen LogP contribution is -2.35. The average Bonchev–Trinajstić information content (AvgIpc) is 3.10. The molecule has 3 amide bonds. The van der Waals surface area contributed by atoms with Crippen LogP contribution in [0.2, 0.25) is 0 Å². The van der Waals surface area contributed by atoms with E-state index in [1.165, 1.54) is 6.26 Å². The number of halogens is 1. The molecule has 0 spiro atoms. The predicted molar refractivity (Wildman–Crippen MR) is 103 cm³/mol. The fourth-order valence-corrected chi connectivity index (χ4v) is 2.64. The molecule has 0 atom stereocenters. The van der Waals surface area contributed by atoms with Gasteiger partial charge in [0.05, 0.1) is 12.2 Å². The first kappa shape index (κ1) is 20.0. The van der Waals surface area contributed by atoms with Crippen LogP contribution in [0.25, 0.3) is 0 Å². The summed E-state index contributed by atoms with van der Waals surface area (Å²) < 4.78 is 6.17. The zero-order valence-electron chi connectivity index (χ0n) is 14.9. The molecule has 0 unspecified atom stereocenters. The van der Waals surface area contributed by atoms with Crippen LogP contribution in [0.15, 0.2) is 39.4 Å². The van der Waals surface area contributed by atoms with Crippen molar-refractivity contribution in [1.82, 2.24) is 15.2 Å². The van der Waals surface area contributed by atoms with E-state index in [1.807, 2.05) is 38.1 Å². The summed E-state index contributed by atoms with van der Waals surface area (Å²) in [7, 11) is 0. The second-order valence-electron chi connectivity index (χ2n) is 5.71. The van der Waals surface area contributed by atoms with Gasteiger partial charge in [0.2, 0.25) is 5.89 Å². The van der Waals surface area contributed by atoms with E-state index in [9.17, 15) is 9.59 Å². The Labute approximate surface area is 161 Å². The van der Waals surface area contributed by atoms with E-state index in [4.69, 9.17) is 4.42 Å². The number of oxazole rings is 1. The van der Waals surface area contributed by atoms with Gasteiger partial charge in [0.25, 0.3) is 5.91 Å². The highest BCUT2D eigenvalue weighted by atomic mass is 79.9. The minimum Gasteiger partial charge on any atom is -0.446 e. The number of rotatable bonds is 8. The summed E-state index contributed by atoms with van der Waals surface area (Å²) in [6.07, 6.45) is 2.94. The Morgan fingerprint density at radius 3 is 2.69 bits per heavy atom. The standard InChI is InChI=1S/C18H23BrN4O3/c1-3-9-20-17(24)15-12-26-16(21-15)11-23(10-4-2)18(25)22-14-8-6-5-7-13(14)19/h5-8,12H,3-4,9-11H2,1-2H3,(H,20,24)(H,22,25). The summed E-state index contributed by atoms with van der Waals surface area (Å²) in [5.41, 5.74) is 0.904. The van der Waals surface area contributed by atoms with E-state index in [0.717, 1.165) is 17.3 Å². The maximum atomic E-state index is 12.6. The molecule has 2 rings (SSSR count). The average molecular weight is 423 g/mol. The topological polar surface area (TPSA) is 87.5 Å². The van der Waals surface area contributed by atoms with Crippen LogP contribution in [0, 0.1) is 0 Å². The van der Waals surface area contributed by atoms with Gasteiger partial charge in [0, 0.05) is 17.6 Å². The van der Waals surface area contributed by atoms with E-state index >= 15 is 0 Å². The fourth-order valence-electron chi connectivity index (χ4n) is 2.26. The van der Waals surface area contributed by atoms with Crippen LogP contribution in [0.5, 0.6) is 0 Å². The van der Waals surface area contributed by atoms with Crippen LogP contribution in [0.1, 0.15) is 43.1 Å². The van der Waals surface area contributed by atoms with Gasteiger partial charge in [-0.2, -0.15) is 0 Å². The van der Waals surface area contributed by atoms with Gasteiger partial charge < -0.3 is 20.0 Å². The van der Waals surface area contributed by atoms with Gasteiger partial charge in [-0.1, -0.05) is 26.0 Å². The number of carbonyl (C=O) groups is 2. The van der Waals surface area contributed by atoms with Gasteiger partial charge in [0.1, 0.15) is 6.26 Å². The molecule has 0 saturated heterocycles. The molecule has 26 heavy (non-hydrogen) atoms. The second-order valence-corrected chi connectivity index (χ2v) is 6.57. The molecule has 1 heterocycles. The fraction of sp³-hybridized carbons (Fsp3) is 0.389. The van der Waals surface area contributed by atoms with Crippen LogP contribution in [0.3, 0.4) is 0 Å². The van der Waals surface area contributed by atoms with Crippen molar-refractivity contribution in [2.75, 3.05) is 18.4 Å². The van der Waals surface area contributed by atoms with Crippen LogP contribution >= 0.6 is 15.9 Å². The zero-order chi connectivity index (χ0) is 18.9. The van der Waals surface area contributed by atoms with Crippen molar-refractivity contribution < 1.29 is 14.0 Å². The van der Waals surface area contributed by atoms with E-state index in [-0.39, 0.29) is 24.2 Å². The van der Waals surface area contributed by atoms with E-state index < -0.39 is 0 Å². The summed E-state index contributed by atoms with van der Waals surface area (Å²) >= 11 is 3.41. The lowest BCUT2D eigenvalue weighted by atomic mass is 10.3. The van der Waals surface area contributed by atoms with E-state index in [0.29, 0.717) is 24.7 Å². The molecular formula is C18H23BrN4O3. The number of hydrogen-bond acceptors (Lipinski definition) is 4. The number of urea groups is 1. The first-order valence-electron chi connectivity index (χ1n) is 8.58. The molecule has 0 aliphatic heterocycles. The summed E-state index contributed by atoms with van der Waals surface area (Å²) in [6.45, 7) is 5.26. The quantitative estimate of drug-likeness (QED) is 0.672. The molecule has 1 aromatic carbocycles. The Morgan fingerprint density at radius 2 is 2.00 bits per heavy atom. The monoisotopic (exact) mass is 422 g/mol. The number of aromatic nitrogens is 1. The summed E-state index contributed by atoms with van der Waals surface area (Å²) in [4.78, 5) is 30.3. The molecule has 0 bridgehead atoms. The maximum Gasteiger partial charge on any atom is 0.322 e. The number of amides is 3. The van der Waals surface area contributed by atoms with E-state index in [2.05, 4.69) is 31.5 Å². The highest BCUT2D eigenvalue weighted by Crippen LogP contribution is 2.21. The largest absolute Gasteiger partial charge is 0.446 e. The Balaban J connectivity index is 2.03. The summed E-state index contributed by atoms with van der Waals surface area (Å²) in [6, 6.07) is 7.14. The van der Waals surface area contributed by atoms with Crippen LogP contribution < -0.4 is 10.6 Å². The smallest absolute Gasteiger partial charge is 0.322 e. The third kappa shape index (κ3) is 5.59. The minimum atomic E-state index is -0.276. The number of carbonyl (C=O) groups excluding carboxylic acids is 2. The van der Waals surface area contributed by atoms with Crippen LogP contribution in [0.4, 0.5) is 10.5 Å². The molecule has 140 valence electrons. The van der Waals surface area contributed by atoms with Crippen molar-refractivity contribution in [3.63, 3.8) is 0 Å². The molecule has 1 aromatic heterocycles. The van der Waals surface area contributed by atoms with Gasteiger partial charge in [-0.05, 0) is 40.9 Å². The normalized spacial score (nSPS) is 10.4. The van der Waals surface area contributed by atoms with Crippen molar-refractivity contribution in [3.8, 4) is 0 Å². The first-order chi connectivity index (χ1) is 12.5. The van der Waals surface area contributed by atoms with Crippen molar-refractivity contribution in [2.45, 2.75) is 33.2 Å². The molecule has 2 aromatic rings. The van der Waals surface area contributed by atoms with Crippen molar-refractivity contribution in [1.29, 1.82) is 0 Å². The third-order valence-electron chi connectivity index (χ3n) is 3.54. The van der Waals surface area contributed by atoms with E-state index in [1.54, 1.807) is 4.90 Å². The third-order valence-corrected chi connectivity index (χ3v) is 4.23. The van der Waals surface area contributed by atoms with Gasteiger partial charge in [0.15, 0.2) is 5.69 Å². The number of hydrogen-bond donors (Lipinski definition) is 2. The summed E-state index contributed by atoms with van der Waals surface area (Å²) in [5, 5.41) is 5.61. The lowest BCUT2D eigenvalue weighted by Gasteiger charge is -2.21. The van der Waals surface area contributed by atoms with Crippen molar-refractivity contribution >= 4 is 33.6 Å². The molecule has 7 nitrogen and oxygen atoms in total. The predicted octanol–water partition coefficient (Wildman–Crippen LogP) is 4.02. The number of nitrogens with zero attached hydrogens (tertiary/aromatic N) is 2. The SMILES string of the molecule is CCCNC(=O)c1coc(CN(CCC)C(=O)Nc2ccccc2Br)n1. The van der Waals surface area contributed by atoms with Gasteiger partial charge in [-0.15, -0.1) is 0 Å². The molecule has 2 N–H and O–H groups in total. The zero-order valence-corrected chi connectivity index (χ0v) is 16.5. The van der Waals surface area contributed by atoms with Gasteiger partial charge >= 0.3 is 6.03 Å². The molecule has 8 heteroatoms. The maximum absolute atomic E-state index is 12.6. The molecule has 0 saturated carbocycles. The minimum absolute atomic E-state index is 0.186. The Morgan fingerprint density at radius 1 is 1.23 bits per heavy atom. The molecule has 0 aliphatic carbocycles. The molecule has 0 radical (unpaired) electrons. The van der Waals surface area contributed by atoms with Crippen molar-refractivity contribution in [2.24, 2.45) is 0 Å². The Kier molecular flexibility index (Phi) is 7.65. The van der Waals surface area contributed by atoms with Crippen LogP contribution in [-0.4, -0.2) is 34.9 Å². The number of anilines is 1. The highest BCUT2D eigenvalue weighted by molar-refractivity contribution is 9.10. The lowest BCUT2D eigenvalue weighted by molar-refractivity contribution is 0.0948. The summed E-state index contributed by atoms with van der Waals surface area (Å²) in [5.74, 6) is 0.0453. The number of nitrogens with one attached hydrogen (secondary N) is 2. The van der Waals surface area contributed by atoms with Crippen LogP contribution in [-0.2, 0) is 6.54 Å². The molecule has 0 fully saturated rings. The second kappa shape index (κ2) is 9.96. The van der Waals surface area contributed by atoms with Gasteiger partial charge in [-0.3, -0.25) is 4.79 Å². The Bertz CT molecular complexity index is 748. The Hall–Kier alpha value is -2.35. The number of benzene rings is 1. The highest BCUT2D eigenvalue weighted by Gasteiger charge is 2.18. The molecule has 0 aliphatic rings. The first-order valence-corrected chi connectivity index (χ1v) is 9.37. The van der Waals surface area contributed by atoms with Crippen molar-refractivity contribution in [3.05, 3.63) is 46.6 Å².